The molecule has 0 aliphatic carbocycles. The number of carbonyl (C=O) groups is 2. The molecular weight excluding hydrogens is 368 g/mol. The average molecular weight is 394 g/mol. The zero-order chi connectivity index (χ0) is 21.1. The third-order valence-electron chi connectivity index (χ3n) is 4.15. The van der Waals surface area contributed by atoms with E-state index >= 15 is 0 Å². The summed E-state index contributed by atoms with van der Waals surface area (Å²) in [7, 11) is 0. The predicted octanol–water partition coefficient (Wildman–Crippen LogP) is 4.72. The molecule has 2 rings (SSSR count). The number of aryl methyl sites for hydroxylation is 1. The number of nitrogens with zero attached hydrogens (tertiary/aromatic N) is 1. The molecule has 0 spiro atoms. The Morgan fingerprint density at radius 3 is 2.62 bits per heavy atom. The van der Waals surface area contributed by atoms with E-state index in [0.29, 0.717) is 24.4 Å². The third-order valence-corrected chi connectivity index (χ3v) is 4.15. The van der Waals surface area contributed by atoms with Crippen LogP contribution in [0, 0.1) is 6.92 Å². The molecule has 1 aromatic heterocycles. The molecule has 0 radical (unpaired) electrons. The molecule has 29 heavy (non-hydrogen) atoms. The van der Waals surface area contributed by atoms with Gasteiger partial charge in [0.2, 0.25) is 0 Å². The van der Waals surface area contributed by atoms with Gasteiger partial charge < -0.3 is 14.6 Å². The second-order valence-corrected chi connectivity index (χ2v) is 6.39. The first-order chi connectivity index (χ1) is 14.0. The molecule has 1 amide bonds. The highest BCUT2D eigenvalue weighted by Crippen LogP contribution is 2.23. The van der Waals surface area contributed by atoms with E-state index < -0.39 is 23.9 Å². The van der Waals surface area contributed by atoms with E-state index in [1.165, 1.54) is 0 Å². The molecule has 1 aromatic carbocycles. The van der Waals surface area contributed by atoms with Crippen LogP contribution in [0.1, 0.15) is 37.0 Å². The summed E-state index contributed by atoms with van der Waals surface area (Å²) in [5.41, 5.74) is 0.831. The molecule has 2 unspecified atom stereocenters. The topological polar surface area (TPSA) is 81.4 Å². The zero-order valence-electron chi connectivity index (χ0n) is 16.7. The maximum Gasteiger partial charge on any atom is 0.314 e. The third kappa shape index (κ3) is 6.92. The van der Waals surface area contributed by atoms with Gasteiger partial charge in [0.1, 0.15) is 5.76 Å². The van der Waals surface area contributed by atoms with Crippen LogP contribution in [0.2, 0.25) is 0 Å². The van der Waals surface area contributed by atoms with Crippen molar-refractivity contribution in [2.75, 3.05) is 5.32 Å². The van der Waals surface area contributed by atoms with Crippen molar-refractivity contribution in [3.8, 4) is 0 Å². The molecule has 0 aliphatic heterocycles. The molecule has 0 aliphatic rings. The van der Waals surface area contributed by atoms with E-state index in [-0.39, 0.29) is 0 Å². The van der Waals surface area contributed by atoms with Crippen LogP contribution >= 0.6 is 0 Å². The van der Waals surface area contributed by atoms with Gasteiger partial charge in [0.15, 0.2) is 11.9 Å². The Hall–Kier alpha value is -3.41. The summed E-state index contributed by atoms with van der Waals surface area (Å²) in [4.78, 5) is 25.4. The van der Waals surface area contributed by atoms with E-state index in [1.54, 1.807) is 32.1 Å². The maximum atomic E-state index is 12.9. The minimum absolute atomic E-state index is 0.290. The monoisotopic (exact) mass is 394 g/mol. The molecule has 2 aromatic rings. The minimum atomic E-state index is -0.921. The van der Waals surface area contributed by atoms with Crippen molar-refractivity contribution in [3.63, 3.8) is 0 Å². The fraction of sp³-hybridized carbons (Fsp3) is 0.261. The van der Waals surface area contributed by atoms with Crippen LogP contribution in [0.3, 0.4) is 0 Å². The van der Waals surface area contributed by atoms with Crippen molar-refractivity contribution in [1.29, 1.82) is 0 Å². The second kappa shape index (κ2) is 11.4. The molecule has 152 valence electrons. The van der Waals surface area contributed by atoms with Crippen molar-refractivity contribution in [1.82, 2.24) is 5.16 Å². The SMILES string of the molecule is C=C/C=C\C=C/CC(C(=O)OC(CC)C(=O)Nc1cc(C)on1)c1ccccc1. The number of aromatic nitrogens is 1. The van der Waals surface area contributed by atoms with Gasteiger partial charge in [-0.3, -0.25) is 9.59 Å². The lowest BCUT2D eigenvalue weighted by Crippen LogP contribution is -2.33. The van der Waals surface area contributed by atoms with E-state index in [1.807, 2.05) is 48.6 Å². The fourth-order valence-electron chi connectivity index (χ4n) is 2.67. The molecular formula is C23H26N2O4. The van der Waals surface area contributed by atoms with E-state index in [2.05, 4.69) is 17.1 Å². The van der Waals surface area contributed by atoms with Gasteiger partial charge in [0.05, 0.1) is 5.92 Å². The van der Waals surface area contributed by atoms with Gasteiger partial charge in [0.25, 0.3) is 5.91 Å². The summed E-state index contributed by atoms with van der Waals surface area (Å²) in [6, 6.07) is 11.0. The molecule has 0 saturated carbocycles. The summed E-state index contributed by atoms with van der Waals surface area (Å²) in [6.45, 7) is 7.12. The quantitative estimate of drug-likeness (QED) is 0.466. The average Bonchev–Trinajstić information content (AvgIpc) is 3.13. The van der Waals surface area contributed by atoms with Crippen LogP contribution in [0.5, 0.6) is 0 Å². The Bertz CT molecular complexity index is 868. The highest BCUT2D eigenvalue weighted by Gasteiger charge is 2.27. The lowest BCUT2D eigenvalue weighted by atomic mass is 9.95. The number of hydrogen-bond acceptors (Lipinski definition) is 5. The van der Waals surface area contributed by atoms with Crippen molar-refractivity contribution >= 4 is 17.7 Å². The molecule has 0 fully saturated rings. The lowest BCUT2D eigenvalue weighted by Gasteiger charge is -2.20. The summed E-state index contributed by atoms with van der Waals surface area (Å²) in [6.07, 6.45) is 8.92. The largest absolute Gasteiger partial charge is 0.452 e. The summed E-state index contributed by atoms with van der Waals surface area (Å²) >= 11 is 0. The minimum Gasteiger partial charge on any atom is -0.452 e. The Labute approximate surface area is 170 Å². The van der Waals surface area contributed by atoms with Gasteiger partial charge in [-0.05, 0) is 25.3 Å². The molecule has 2 atom stereocenters. The number of rotatable bonds is 10. The van der Waals surface area contributed by atoms with Crippen LogP contribution in [0.4, 0.5) is 5.82 Å². The van der Waals surface area contributed by atoms with Crippen LogP contribution < -0.4 is 5.32 Å². The second-order valence-electron chi connectivity index (χ2n) is 6.39. The first kappa shape index (κ1) is 21.9. The summed E-state index contributed by atoms with van der Waals surface area (Å²) in [5.74, 6) is -0.539. The number of benzene rings is 1. The molecule has 1 heterocycles. The number of amides is 1. The first-order valence-electron chi connectivity index (χ1n) is 9.49. The predicted molar refractivity (Wildman–Crippen MR) is 112 cm³/mol. The Balaban J connectivity index is 2.09. The summed E-state index contributed by atoms with van der Waals surface area (Å²) < 4.78 is 10.5. The molecule has 0 saturated heterocycles. The normalized spacial score (nSPS) is 13.3. The van der Waals surface area contributed by atoms with Crippen molar-refractivity contribution < 1.29 is 18.8 Å². The van der Waals surface area contributed by atoms with Crippen LogP contribution in [-0.4, -0.2) is 23.1 Å². The van der Waals surface area contributed by atoms with Gasteiger partial charge in [-0.1, -0.05) is 79.4 Å². The molecule has 1 N–H and O–H groups in total. The highest BCUT2D eigenvalue weighted by molar-refractivity contribution is 5.95. The Morgan fingerprint density at radius 2 is 2.00 bits per heavy atom. The van der Waals surface area contributed by atoms with Gasteiger partial charge >= 0.3 is 5.97 Å². The van der Waals surface area contributed by atoms with Gasteiger partial charge in [-0.25, -0.2) is 0 Å². The zero-order valence-corrected chi connectivity index (χ0v) is 16.7. The van der Waals surface area contributed by atoms with Crippen LogP contribution in [0.25, 0.3) is 0 Å². The number of carbonyl (C=O) groups excluding carboxylic acids is 2. The number of ether oxygens (including phenoxy) is 1. The van der Waals surface area contributed by atoms with Gasteiger partial charge in [-0.15, -0.1) is 0 Å². The van der Waals surface area contributed by atoms with Crippen molar-refractivity contribution in [3.05, 3.63) is 84.7 Å². The number of esters is 1. The van der Waals surface area contributed by atoms with Crippen molar-refractivity contribution in [2.24, 2.45) is 0 Å². The number of hydrogen-bond donors (Lipinski definition) is 1. The Kier molecular flexibility index (Phi) is 8.63. The van der Waals surface area contributed by atoms with Crippen LogP contribution in [0.15, 0.2) is 77.9 Å². The fourth-order valence-corrected chi connectivity index (χ4v) is 2.67. The van der Waals surface area contributed by atoms with E-state index in [0.717, 1.165) is 5.56 Å². The molecule has 6 nitrogen and oxygen atoms in total. The number of anilines is 1. The lowest BCUT2D eigenvalue weighted by molar-refractivity contribution is -0.155. The summed E-state index contributed by atoms with van der Waals surface area (Å²) in [5, 5.41) is 6.34. The number of allylic oxidation sites excluding steroid dienone is 5. The first-order valence-corrected chi connectivity index (χ1v) is 9.49. The molecule has 0 bridgehead atoms. The highest BCUT2D eigenvalue weighted by atomic mass is 16.5. The Morgan fingerprint density at radius 1 is 1.24 bits per heavy atom. The van der Waals surface area contributed by atoms with Gasteiger partial charge in [0, 0.05) is 6.07 Å². The number of nitrogens with one attached hydrogen (secondary N) is 1. The maximum absolute atomic E-state index is 12.9. The van der Waals surface area contributed by atoms with Crippen LogP contribution in [-0.2, 0) is 14.3 Å². The standard InChI is InChI=1S/C23H26N2O4/c1-4-6-7-8-12-15-19(18-13-10-9-11-14-18)23(27)28-20(5-2)22(26)24-21-16-17(3)29-25-21/h4,6-14,16,19-20H,1,5,15H2,2-3H3,(H,24,25,26)/b7-6-,12-8-. The molecule has 6 heteroatoms. The van der Waals surface area contributed by atoms with Gasteiger partial charge in [-0.2, -0.15) is 0 Å². The van der Waals surface area contributed by atoms with E-state index in [4.69, 9.17) is 9.26 Å². The van der Waals surface area contributed by atoms with E-state index in [9.17, 15) is 9.59 Å². The van der Waals surface area contributed by atoms with Crippen molar-refractivity contribution in [2.45, 2.75) is 38.7 Å². The smallest absolute Gasteiger partial charge is 0.314 e.